The second-order valence-electron chi connectivity index (χ2n) is 5.03. The van der Waals surface area contributed by atoms with E-state index in [1.165, 1.54) is 13.2 Å². The average Bonchev–Trinajstić information content (AvgIpc) is 2.59. The molecule has 0 bridgehead atoms. The molecule has 0 saturated heterocycles. The molecule has 8 heteroatoms. The molecule has 0 atom stereocenters. The molecule has 0 radical (unpaired) electrons. The van der Waals surface area contributed by atoms with Crippen molar-refractivity contribution in [2.24, 2.45) is 0 Å². The molecule has 0 fully saturated rings. The lowest BCUT2D eigenvalue weighted by molar-refractivity contribution is -0.136. The fourth-order valence-electron chi connectivity index (χ4n) is 2.13. The Labute approximate surface area is 148 Å². The number of benzene rings is 1. The van der Waals surface area contributed by atoms with Gasteiger partial charge in [-0.1, -0.05) is 11.6 Å². The highest BCUT2D eigenvalue weighted by Gasteiger charge is 2.20. The van der Waals surface area contributed by atoms with Crippen LogP contribution in [0.2, 0.25) is 5.02 Å². The van der Waals surface area contributed by atoms with Crippen LogP contribution in [-0.4, -0.2) is 34.1 Å². The maximum absolute atomic E-state index is 12.2. The minimum atomic E-state index is -1.15. The predicted molar refractivity (Wildman–Crippen MR) is 88.8 cm³/mol. The van der Waals surface area contributed by atoms with E-state index in [0.717, 1.165) is 0 Å². The first-order chi connectivity index (χ1) is 11.9. The first-order valence-corrected chi connectivity index (χ1v) is 7.48. The number of carboxylic acid groups (broad SMARTS) is 1. The third-order valence-corrected chi connectivity index (χ3v) is 3.71. The van der Waals surface area contributed by atoms with Gasteiger partial charge in [0.05, 0.1) is 29.8 Å². The summed E-state index contributed by atoms with van der Waals surface area (Å²) in [6, 6.07) is 7.87. The Balaban J connectivity index is 2.53. The van der Waals surface area contributed by atoms with Crippen LogP contribution in [0.3, 0.4) is 0 Å². The van der Waals surface area contributed by atoms with E-state index in [2.05, 4.69) is 4.98 Å². The van der Waals surface area contributed by atoms with Gasteiger partial charge in [-0.05, 0) is 24.3 Å². The topological polar surface area (TPSA) is 121 Å². The largest absolute Gasteiger partial charge is 0.504 e. The Kier molecular flexibility index (Phi) is 5.57. The molecule has 0 saturated carbocycles. The molecular weight excluding hydrogens is 348 g/mol. The normalized spacial score (nSPS) is 10.1. The monoisotopic (exact) mass is 360 g/mol. The summed E-state index contributed by atoms with van der Waals surface area (Å²) in [6.45, 7) is 0. The number of hydrogen-bond acceptors (Lipinski definition) is 6. The Morgan fingerprint density at radius 2 is 2.04 bits per heavy atom. The molecule has 0 aliphatic rings. The summed E-state index contributed by atoms with van der Waals surface area (Å²) in [6.07, 6.45) is -0.754. The quantitative estimate of drug-likeness (QED) is 0.759. The van der Waals surface area contributed by atoms with E-state index in [9.17, 15) is 14.7 Å². The Bertz CT molecular complexity index is 889. The molecule has 1 heterocycles. The number of nitrogens with zero attached hydrogens (tertiary/aromatic N) is 2. The summed E-state index contributed by atoms with van der Waals surface area (Å²) in [7, 11) is 1.48. The molecule has 128 valence electrons. The van der Waals surface area contributed by atoms with Crippen molar-refractivity contribution in [2.45, 2.75) is 12.8 Å². The van der Waals surface area contributed by atoms with E-state index in [4.69, 9.17) is 26.7 Å². The third kappa shape index (κ3) is 4.05. The van der Waals surface area contributed by atoms with Crippen LogP contribution in [0, 0.1) is 11.3 Å². The van der Waals surface area contributed by atoms with E-state index < -0.39 is 23.9 Å². The van der Waals surface area contributed by atoms with Crippen molar-refractivity contribution in [1.82, 2.24) is 4.98 Å². The molecule has 0 amide bonds. The number of methoxy groups -OCH3 is 1. The molecule has 2 rings (SSSR count). The van der Waals surface area contributed by atoms with Gasteiger partial charge < -0.3 is 14.9 Å². The number of aromatic nitrogens is 1. The number of halogens is 1. The van der Waals surface area contributed by atoms with Crippen LogP contribution in [0.25, 0.3) is 11.3 Å². The molecule has 0 spiro atoms. The van der Waals surface area contributed by atoms with Gasteiger partial charge in [-0.15, -0.1) is 0 Å². The number of carbonyl (C=O) groups excluding carboxylic acids is 1. The number of Topliss-reactive ketones (excluding diaryl/α,β-unsaturated/α-hetero) is 1. The highest BCUT2D eigenvalue weighted by atomic mass is 35.5. The van der Waals surface area contributed by atoms with Gasteiger partial charge in [-0.25, -0.2) is 4.98 Å². The molecule has 0 unspecified atom stereocenters. The number of nitriles is 1. The lowest BCUT2D eigenvalue weighted by Crippen LogP contribution is -2.08. The van der Waals surface area contributed by atoms with Gasteiger partial charge in [0.1, 0.15) is 17.5 Å². The minimum absolute atomic E-state index is 0.157. The van der Waals surface area contributed by atoms with Crippen LogP contribution in [0.5, 0.6) is 11.5 Å². The van der Waals surface area contributed by atoms with Crippen LogP contribution in [-0.2, 0) is 4.79 Å². The maximum atomic E-state index is 12.2. The lowest BCUT2D eigenvalue weighted by Gasteiger charge is -2.10. The molecular formula is C17H13ClN2O5. The predicted octanol–water partition coefficient (Wildman–Crippen LogP) is 3.04. The van der Waals surface area contributed by atoms with Crippen molar-refractivity contribution < 1.29 is 24.5 Å². The highest BCUT2D eigenvalue weighted by molar-refractivity contribution is 6.33. The number of ketones is 1. The molecule has 7 nitrogen and oxygen atoms in total. The smallest absolute Gasteiger partial charge is 0.303 e. The van der Waals surface area contributed by atoms with E-state index in [-0.39, 0.29) is 28.4 Å². The molecule has 1 aromatic heterocycles. The lowest BCUT2D eigenvalue weighted by atomic mass is 10.0. The van der Waals surface area contributed by atoms with Gasteiger partial charge in [0.15, 0.2) is 11.5 Å². The fraction of sp³-hybridized carbons (Fsp3) is 0.176. The molecule has 2 N–H and O–H groups in total. The first kappa shape index (κ1) is 18.2. The number of ether oxygens (including phenoxy) is 1. The average molecular weight is 361 g/mol. The summed E-state index contributed by atoms with van der Waals surface area (Å²) in [5, 5.41) is 28.2. The van der Waals surface area contributed by atoms with Gasteiger partial charge in [0.2, 0.25) is 0 Å². The summed E-state index contributed by atoms with van der Waals surface area (Å²) >= 11 is 6.18. The fourth-order valence-corrected chi connectivity index (χ4v) is 2.39. The van der Waals surface area contributed by atoms with Gasteiger partial charge in [-0.2, -0.15) is 5.26 Å². The zero-order valence-electron chi connectivity index (χ0n) is 13.1. The minimum Gasteiger partial charge on any atom is -0.504 e. The van der Waals surface area contributed by atoms with Crippen molar-refractivity contribution in [3.63, 3.8) is 0 Å². The number of carboxylic acids is 1. The van der Waals surface area contributed by atoms with Crippen molar-refractivity contribution >= 4 is 23.4 Å². The van der Waals surface area contributed by atoms with Crippen LogP contribution in [0.4, 0.5) is 0 Å². The summed E-state index contributed by atoms with van der Waals surface area (Å²) in [5.74, 6) is -1.89. The summed E-state index contributed by atoms with van der Waals surface area (Å²) < 4.78 is 5.06. The van der Waals surface area contributed by atoms with E-state index in [1.807, 2.05) is 0 Å². The summed E-state index contributed by atoms with van der Waals surface area (Å²) in [4.78, 5) is 26.9. The number of aromatic hydroxyl groups is 1. The Morgan fingerprint density at radius 1 is 1.32 bits per heavy atom. The highest BCUT2D eigenvalue weighted by Crippen LogP contribution is 2.33. The zero-order chi connectivity index (χ0) is 18.6. The second kappa shape index (κ2) is 7.64. The molecule has 2 aromatic rings. The number of aliphatic carboxylic acids is 1. The number of rotatable bonds is 6. The number of carbonyl (C=O) groups is 2. The second-order valence-corrected chi connectivity index (χ2v) is 5.43. The Hall–Kier alpha value is -3.11. The maximum Gasteiger partial charge on any atom is 0.303 e. The number of hydrogen-bond donors (Lipinski definition) is 2. The van der Waals surface area contributed by atoms with Gasteiger partial charge in [0, 0.05) is 12.0 Å². The van der Waals surface area contributed by atoms with Crippen molar-refractivity contribution in [1.29, 1.82) is 5.26 Å². The van der Waals surface area contributed by atoms with Crippen molar-refractivity contribution in [3.8, 4) is 28.8 Å². The van der Waals surface area contributed by atoms with Crippen LogP contribution in [0.1, 0.15) is 28.9 Å². The molecule has 1 aromatic carbocycles. The van der Waals surface area contributed by atoms with Gasteiger partial charge >= 0.3 is 5.97 Å². The van der Waals surface area contributed by atoms with Gasteiger partial charge in [-0.3, -0.25) is 9.59 Å². The van der Waals surface area contributed by atoms with Crippen LogP contribution < -0.4 is 4.74 Å². The van der Waals surface area contributed by atoms with E-state index in [0.29, 0.717) is 11.3 Å². The van der Waals surface area contributed by atoms with E-state index in [1.54, 1.807) is 24.3 Å². The third-order valence-electron chi connectivity index (χ3n) is 3.40. The zero-order valence-corrected chi connectivity index (χ0v) is 13.9. The first-order valence-electron chi connectivity index (χ1n) is 7.10. The van der Waals surface area contributed by atoms with Crippen molar-refractivity contribution in [2.75, 3.05) is 7.11 Å². The van der Waals surface area contributed by atoms with Gasteiger partial charge in [0.25, 0.3) is 0 Å². The molecule has 25 heavy (non-hydrogen) atoms. The van der Waals surface area contributed by atoms with Crippen molar-refractivity contribution in [3.05, 3.63) is 40.5 Å². The standard InChI is InChI=1S/C17H13ClN2O5/c1-25-10-2-3-11(12(18)7-10)13-6-9(8-19)17(24)16(20-13)14(21)4-5-15(22)23/h2-3,6-7,24H,4-5H2,1H3,(H,22,23). The van der Waals surface area contributed by atoms with Crippen LogP contribution >= 0.6 is 11.6 Å². The molecule has 0 aliphatic heterocycles. The summed E-state index contributed by atoms with van der Waals surface area (Å²) in [5.41, 5.74) is 0.129. The Morgan fingerprint density at radius 3 is 2.60 bits per heavy atom. The number of pyridine rings is 1. The molecule has 0 aliphatic carbocycles. The van der Waals surface area contributed by atoms with Crippen LogP contribution in [0.15, 0.2) is 24.3 Å². The SMILES string of the molecule is COc1ccc(-c2cc(C#N)c(O)c(C(=O)CCC(=O)O)n2)c(Cl)c1. The van der Waals surface area contributed by atoms with E-state index >= 15 is 0 Å².